The van der Waals surface area contributed by atoms with Crippen LogP contribution >= 0.6 is 0 Å². The molecule has 1 unspecified atom stereocenters. The van der Waals surface area contributed by atoms with Gasteiger partial charge in [0.25, 0.3) is 0 Å². The zero-order chi connectivity index (χ0) is 16.9. The average Bonchev–Trinajstić information content (AvgIpc) is 3.13. The van der Waals surface area contributed by atoms with Gasteiger partial charge in [0.15, 0.2) is 0 Å². The van der Waals surface area contributed by atoms with E-state index in [4.69, 9.17) is 5.73 Å². The van der Waals surface area contributed by atoms with Crippen LogP contribution in [0.15, 0.2) is 24.5 Å². The second kappa shape index (κ2) is 7.70. The highest BCUT2D eigenvalue weighted by atomic mass is 16.2. The van der Waals surface area contributed by atoms with Gasteiger partial charge < -0.3 is 20.1 Å². The van der Waals surface area contributed by atoms with Gasteiger partial charge in [0.2, 0.25) is 5.91 Å². The summed E-state index contributed by atoms with van der Waals surface area (Å²) in [5.74, 6) is 0.101. The zero-order valence-corrected chi connectivity index (χ0v) is 14.1. The van der Waals surface area contributed by atoms with Crippen molar-refractivity contribution in [3.63, 3.8) is 0 Å². The number of nitrogens with two attached hydrogens (primary N) is 1. The van der Waals surface area contributed by atoms with Crippen molar-refractivity contribution >= 4 is 11.9 Å². The maximum atomic E-state index is 12.7. The van der Waals surface area contributed by atoms with Gasteiger partial charge in [-0.1, -0.05) is 0 Å². The highest BCUT2D eigenvalue weighted by Crippen LogP contribution is 2.19. The van der Waals surface area contributed by atoms with Gasteiger partial charge in [-0.25, -0.2) is 4.79 Å². The molecule has 1 atom stereocenters. The van der Waals surface area contributed by atoms with Gasteiger partial charge in [-0.3, -0.25) is 9.69 Å². The Kier molecular flexibility index (Phi) is 5.40. The molecule has 0 spiro atoms. The molecule has 2 N–H and O–H groups in total. The van der Waals surface area contributed by atoms with E-state index in [-0.39, 0.29) is 11.8 Å². The van der Waals surface area contributed by atoms with Crippen molar-refractivity contribution in [2.24, 2.45) is 11.7 Å². The number of hydrogen-bond acceptors (Lipinski definition) is 3. The molecule has 0 aliphatic carbocycles. The lowest BCUT2D eigenvalue weighted by Gasteiger charge is -2.38. The van der Waals surface area contributed by atoms with Crippen molar-refractivity contribution in [3.8, 4) is 0 Å². The largest absolute Gasteiger partial charge is 0.353 e. The molecule has 1 aromatic heterocycles. The highest BCUT2D eigenvalue weighted by molar-refractivity contribution is 5.80. The first-order chi connectivity index (χ1) is 11.6. The standard InChI is InChI=1S/C17H27N5O2/c18-17(24)22-7-3-4-15(14-22)16(23)21-12-10-20(11-13-21)9-8-19-5-1-2-6-19/h1-2,5-6,15H,3-4,7-14H2,(H2,18,24). The first kappa shape index (κ1) is 16.8. The second-order valence-corrected chi connectivity index (χ2v) is 6.71. The lowest BCUT2D eigenvalue weighted by molar-refractivity contribution is -0.138. The summed E-state index contributed by atoms with van der Waals surface area (Å²) in [6.45, 7) is 6.52. The number of aromatic nitrogens is 1. The minimum Gasteiger partial charge on any atom is -0.353 e. The molecule has 7 heteroatoms. The molecule has 3 rings (SSSR count). The van der Waals surface area contributed by atoms with E-state index in [1.807, 2.05) is 17.0 Å². The predicted octanol–water partition coefficient (Wildman–Crippen LogP) is 0.423. The van der Waals surface area contributed by atoms with E-state index in [1.54, 1.807) is 4.90 Å². The third-order valence-corrected chi connectivity index (χ3v) is 5.11. The number of nitrogens with zero attached hydrogens (tertiary/aromatic N) is 4. The molecule has 0 radical (unpaired) electrons. The van der Waals surface area contributed by atoms with Gasteiger partial charge in [-0.05, 0) is 25.0 Å². The monoisotopic (exact) mass is 333 g/mol. The molecule has 2 aliphatic heterocycles. The van der Waals surface area contributed by atoms with E-state index < -0.39 is 6.03 Å². The Labute approximate surface area is 143 Å². The summed E-state index contributed by atoms with van der Waals surface area (Å²) in [7, 11) is 0. The number of urea groups is 1. The van der Waals surface area contributed by atoms with E-state index in [0.717, 1.165) is 52.1 Å². The fraction of sp³-hybridized carbons (Fsp3) is 0.647. The molecule has 0 bridgehead atoms. The first-order valence-corrected chi connectivity index (χ1v) is 8.80. The molecule has 24 heavy (non-hydrogen) atoms. The normalized spacial score (nSPS) is 22.6. The third-order valence-electron chi connectivity index (χ3n) is 5.11. The number of likely N-dealkylation sites (tertiary alicyclic amines) is 1. The van der Waals surface area contributed by atoms with Crippen molar-refractivity contribution in [1.29, 1.82) is 0 Å². The molecule has 7 nitrogen and oxygen atoms in total. The van der Waals surface area contributed by atoms with Crippen LogP contribution in [0.3, 0.4) is 0 Å². The molecule has 132 valence electrons. The summed E-state index contributed by atoms with van der Waals surface area (Å²) in [5.41, 5.74) is 5.35. The number of hydrogen-bond donors (Lipinski definition) is 1. The van der Waals surface area contributed by atoms with Crippen LogP contribution in [-0.2, 0) is 11.3 Å². The lowest BCUT2D eigenvalue weighted by atomic mass is 9.96. The fourth-order valence-electron chi connectivity index (χ4n) is 3.61. The number of carbonyl (C=O) groups is 2. The van der Waals surface area contributed by atoms with Crippen LogP contribution in [0.1, 0.15) is 12.8 Å². The number of carbonyl (C=O) groups excluding carboxylic acids is 2. The van der Waals surface area contributed by atoms with Gasteiger partial charge in [0.1, 0.15) is 0 Å². The smallest absolute Gasteiger partial charge is 0.314 e. The number of piperazine rings is 1. The fourth-order valence-corrected chi connectivity index (χ4v) is 3.61. The van der Waals surface area contributed by atoms with E-state index in [1.165, 1.54) is 0 Å². The Morgan fingerprint density at radius 2 is 1.67 bits per heavy atom. The van der Waals surface area contributed by atoms with Gasteiger partial charge >= 0.3 is 6.03 Å². The molecule has 2 saturated heterocycles. The van der Waals surface area contributed by atoms with E-state index in [9.17, 15) is 9.59 Å². The van der Waals surface area contributed by atoms with Crippen molar-refractivity contribution in [3.05, 3.63) is 24.5 Å². The number of piperidine rings is 1. The van der Waals surface area contributed by atoms with Gasteiger partial charge in [0, 0.05) is 64.8 Å². The average molecular weight is 333 g/mol. The molecule has 2 aliphatic rings. The van der Waals surface area contributed by atoms with Crippen LogP contribution in [0, 0.1) is 5.92 Å². The molecule has 0 saturated carbocycles. The lowest BCUT2D eigenvalue weighted by Crippen LogP contribution is -2.53. The van der Waals surface area contributed by atoms with E-state index in [0.29, 0.717) is 13.1 Å². The maximum absolute atomic E-state index is 12.7. The quantitative estimate of drug-likeness (QED) is 0.868. The Bertz CT molecular complexity index is 551. The van der Waals surface area contributed by atoms with Crippen molar-refractivity contribution in [2.75, 3.05) is 45.8 Å². The van der Waals surface area contributed by atoms with Crippen molar-refractivity contribution in [1.82, 2.24) is 19.3 Å². The number of amides is 3. The zero-order valence-electron chi connectivity index (χ0n) is 14.1. The van der Waals surface area contributed by atoms with Crippen LogP contribution in [0.25, 0.3) is 0 Å². The molecule has 2 fully saturated rings. The molecular weight excluding hydrogens is 306 g/mol. The number of rotatable bonds is 4. The molecular formula is C17H27N5O2. The van der Waals surface area contributed by atoms with Crippen LogP contribution < -0.4 is 5.73 Å². The Morgan fingerprint density at radius 3 is 2.33 bits per heavy atom. The van der Waals surface area contributed by atoms with E-state index in [2.05, 4.69) is 21.9 Å². The maximum Gasteiger partial charge on any atom is 0.314 e. The predicted molar refractivity (Wildman–Crippen MR) is 91.3 cm³/mol. The summed E-state index contributed by atoms with van der Waals surface area (Å²) in [6.07, 6.45) is 5.87. The Hall–Kier alpha value is -2.02. The van der Waals surface area contributed by atoms with E-state index >= 15 is 0 Å². The van der Waals surface area contributed by atoms with Crippen molar-refractivity contribution < 1.29 is 9.59 Å². The SMILES string of the molecule is NC(=O)N1CCCC(C(=O)N2CCN(CCn3cccc3)CC2)C1. The summed E-state index contributed by atoms with van der Waals surface area (Å²) in [5, 5.41) is 0. The summed E-state index contributed by atoms with van der Waals surface area (Å²) in [6, 6.07) is 3.66. The minimum atomic E-state index is -0.415. The van der Waals surface area contributed by atoms with Gasteiger partial charge in [-0.15, -0.1) is 0 Å². The van der Waals surface area contributed by atoms with Gasteiger partial charge in [-0.2, -0.15) is 0 Å². The minimum absolute atomic E-state index is 0.0855. The van der Waals surface area contributed by atoms with Gasteiger partial charge in [0.05, 0.1) is 5.92 Å². The molecule has 3 amide bonds. The summed E-state index contributed by atoms with van der Waals surface area (Å²) >= 11 is 0. The molecule has 3 heterocycles. The molecule has 0 aromatic carbocycles. The van der Waals surface area contributed by atoms with Crippen molar-refractivity contribution in [2.45, 2.75) is 19.4 Å². The summed E-state index contributed by atoms with van der Waals surface area (Å²) in [4.78, 5) is 30.0. The second-order valence-electron chi connectivity index (χ2n) is 6.71. The molecule has 1 aromatic rings. The third kappa shape index (κ3) is 4.08. The topological polar surface area (TPSA) is 74.8 Å². The summed E-state index contributed by atoms with van der Waals surface area (Å²) < 4.78 is 2.18. The number of primary amides is 1. The van der Waals surface area contributed by atoms with Crippen LogP contribution in [0.4, 0.5) is 4.79 Å². The first-order valence-electron chi connectivity index (χ1n) is 8.80. The van der Waals surface area contributed by atoms with Crippen LogP contribution in [0.2, 0.25) is 0 Å². The van der Waals surface area contributed by atoms with Crippen LogP contribution in [0.5, 0.6) is 0 Å². The Balaban J connectivity index is 1.44. The van der Waals surface area contributed by atoms with Crippen LogP contribution in [-0.4, -0.2) is 77.0 Å². The highest BCUT2D eigenvalue weighted by Gasteiger charge is 2.31. The Morgan fingerprint density at radius 1 is 0.958 bits per heavy atom.